The number of rotatable bonds is 71. The van der Waals surface area contributed by atoms with E-state index in [-0.39, 0.29) is 12.5 Å². The van der Waals surface area contributed by atoms with Crippen molar-refractivity contribution in [1.29, 1.82) is 0 Å². The number of aliphatic hydroxyl groups is 5. The molecule has 1 saturated heterocycles. The van der Waals surface area contributed by atoms with Crippen molar-refractivity contribution in [3.63, 3.8) is 0 Å². The summed E-state index contributed by atoms with van der Waals surface area (Å²) in [6.07, 6.45) is 91.9. The van der Waals surface area contributed by atoms with Crippen LogP contribution in [0.15, 0.2) is 60.8 Å². The van der Waals surface area contributed by atoms with E-state index in [4.69, 9.17) is 9.47 Å². The Bertz CT molecular complexity index is 1630. The standard InChI is InChI=1S/C82H153NO8/c1-3-5-7-9-11-13-15-17-19-21-23-25-27-29-31-33-35-37-38-40-42-44-46-48-50-52-54-56-58-60-62-64-66-68-70-72-78(86)83-75(74-90-82-81(89)80(88)79(87)77(73-84)91-82)76(85)71-69-67-65-63-61-59-57-55-53-51-49-47-45-43-41-39-36-34-32-30-28-26-24-22-20-18-16-14-12-10-8-6-4-2/h5,7,11,13,17,19,23,25,29,31,75-77,79-82,84-85,87-89H,3-4,6,8-10,12,14-16,18,20-22,24,26-28,30,32-74H2,1-2H3,(H,83,86)/b7-5-,13-11-,19-17-,25-23-,31-29-. The van der Waals surface area contributed by atoms with Gasteiger partial charge in [-0.05, 0) is 57.8 Å². The second-order valence-electron chi connectivity index (χ2n) is 27.8. The third-order valence-corrected chi connectivity index (χ3v) is 19.1. The van der Waals surface area contributed by atoms with Crippen LogP contribution in [0.4, 0.5) is 0 Å². The minimum atomic E-state index is -1.56. The first-order valence-corrected chi connectivity index (χ1v) is 40.0. The highest BCUT2D eigenvalue weighted by atomic mass is 16.7. The molecule has 7 atom stereocenters. The van der Waals surface area contributed by atoms with Crippen molar-refractivity contribution in [2.24, 2.45) is 0 Å². The van der Waals surface area contributed by atoms with Crippen LogP contribution in [0.25, 0.3) is 0 Å². The summed E-state index contributed by atoms with van der Waals surface area (Å²) in [5, 5.41) is 55.1. The van der Waals surface area contributed by atoms with E-state index in [1.54, 1.807) is 0 Å². The average molecular weight is 1280 g/mol. The van der Waals surface area contributed by atoms with Crippen LogP contribution >= 0.6 is 0 Å². The Balaban J connectivity index is 2.05. The van der Waals surface area contributed by atoms with E-state index in [2.05, 4.69) is 79.9 Å². The van der Waals surface area contributed by atoms with Crippen molar-refractivity contribution in [2.75, 3.05) is 13.2 Å². The lowest BCUT2D eigenvalue weighted by molar-refractivity contribution is -0.302. The van der Waals surface area contributed by atoms with Crippen LogP contribution in [0.5, 0.6) is 0 Å². The van der Waals surface area contributed by atoms with Gasteiger partial charge in [-0.1, -0.05) is 396 Å². The Morgan fingerprint density at radius 1 is 0.385 bits per heavy atom. The predicted molar refractivity (Wildman–Crippen MR) is 392 cm³/mol. The number of ether oxygens (including phenoxy) is 2. The fourth-order valence-corrected chi connectivity index (χ4v) is 13.0. The van der Waals surface area contributed by atoms with E-state index in [1.807, 2.05) is 0 Å². The van der Waals surface area contributed by atoms with Gasteiger partial charge in [0.05, 0.1) is 25.4 Å². The second-order valence-corrected chi connectivity index (χ2v) is 27.8. The van der Waals surface area contributed by atoms with Crippen molar-refractivity contribution in [3.05, 3.63) is 60.8 Å². The average Bonchev–Trinajstić information content (AvgIpc) is 1.58. The van der Waals surface area contributed by atoms with E-state index in [1.165, 1.54) is 302 Å². The van der Waals surface area contributed by atoms with Crippen LogP contribution in [0.1, 0.15) is 399 Å². The van der Waals surface area contributed by atoms with Gasteiger partial charge in [-0.25, -0.2) is 0 Å². The molecular weight excluding hydrogens is 1130 g/mol. The number of carbonyl (C=O) groups is 1. The van der Waals surface area contributed by atoms with Gasteiger partial charge in [0.25, 0.3) is 0 Å². The largest absolute Gasteiger partial charge is 0.394 e. The monoisotopic (exact) mass is 1280 g/mol. The summed E-state index contributed by atoms with van der Waals surface area (Å²) < 4.78 is 11.4. The Morgan fingerprint density at radius 3 is 1.01 bits per heavy atom. The topological polar surface area (TPSA) is 149 Å². The quantitative estimate of drug-likeness (QED) is 0.0261. The number of hydrogen-bond acceptors (Lipinski definition) is 8. The zero-order valence-corrected chi connectivity index (χ0v) is 60.1. The van der Waals surface area contributed by atoms with Crippen LogP contribution in [0.2, 0.25) is 0 Å². The summed E-state index contributed by atoms with van der Waals surface area (Å²) in [6, 6.07) is -0.722. The summed E-state index contributed by atoms with van der Waals surface area (Å²) in [5.74, 6) is -0.137. The molecule has 1 aliphatic rings. The van der Waals surface area contributed by atoms with Crippen LogP contribution < -0.4 is 5.32 Å². The van der Waals surface area contributed by atoms with E-state index < -0.39 is 49.5 Å². The van der Waals surface area contributed by atoms with Crippen molar-refractivity contribution in [3.8, 4) is 0 Å². The molecule has 0 radical (unpaired) electrons. The lowest BCUT2D eigenvalue weighted by atomic mass is 9.99. The van der Waals surface area contributed by atoms with Crippen molar-refractivity contribution in [1.82, 2.24) is 5.32 Å². The van der Waals surface area contributed by atoms with Gasteiger partial charge in [0.2, 0.25) is 5.91 Å². The number of hydrogen-bond donors (Lipinski definition) is 6. The van der Waals surface area contributed by atoms with Gasteiger partial charge in [-0.15, -0.1) is 0 Å². The Kier molecular flexibility index (Phi) is 67.5. The molecule has 1 rings (SSSR count). The molecule has 1 fully saturated rings. The first-order valence-electron chi connectivity index (χ1n) is 40.0. The van der Waals surface area contributed by atoms with E-state index in [0.717, 1.165) is 70.6 Å². The zero-order chi connectivity index (χ0) is 65.7. The number of nitrogens with one attached hydrogen (secondary N) is 1. The van der Waals surface area contributed by atoms with Gasteiger partial charge in [-0.2, -0.15) is 0 Å². The van der Waals surface area contributed by atoms with Crippen molar-refractivity contribution >= 4 is 5.91 Å². The molecule has 0 aromatic rings. The SMILES string of the molecule is CC/C=C\C/C=C\C/C=C\C/C=C\C/C=C\CCCCCCCCCCCCCCCCCCCCCC(=O)NC(COC1OC(CO)C(O)C(O)C1O)C(O)CCCCCCCCCCCCCCCCCCCCCCCCCCCCCCCCCCC. The molecule has 0 spiro atoms. The summed E-state index contributed by atoms with van der Waals surface area (Å²) in [5.41, 5.74) is 0. The van der Waals surface area contributed by atoms with E-state index >= 15 is 0 Å². The Hall–Kier alpha value is -2.11. The van der Waals surface area contributed by atoms with Gasteiger partial charge in [0, 0.05) is 6.42 Å². The predicted octanol–water partition coefficient (Wildman–Crippen LogP) is 22.9. The lowest BCUT2D eigenvalue weighted by Gasteiger charge is -2.40. The fraction of sp³-hybridized carbons (Fsp3) is 0.866. The summed E-state index contributed by atoms with van der Waals surface area (Å²) in [4.78, 5) is 13.2. The van der Waals surface area contributed by atoms with Crippen LogP contribution in [0.3, 0.4) is 0 Å². The van der Waals surface area contributed by atoms with Gasteiger partial charge in [0.15, 0.2) is 6.29 Å². The number of allylic oxidation sites excluding steroid dienone is 10. The van der Waals surface area contributed by atoms with Crippen molar-refractivity contribution in [2.45, 2.75) is 442 Å². The molecule has 9 nitrogen and oxygen atoms in total. The van der Waals surface area contributed by atoms with Crippen molar-refractivity contribution < 1.29 is 39.8 Å². The maximum absolute atomic E-state index is 13.2. The molecular formula is C82H153NO8. The molecule has 9 heteroatoms. The third-order valence-electron chi connectivity index (χ3n) is 19.1. The highest BCUT2D eigenvalue weighted by molar-refractivity contribution is 5.76. The number of aliphatic hydroxyl groups excluding tert-OH is 5. The zero-order valence-electron chi connectivity index (χ0n) is 60.1. The smallest absolute Gasteiger partial charge is 0.220 e. The molecule has 0 aliphatic carbocycles. The van der Waals surface area contributed by atoms with E-state index in [9.17, 15) is 30.3 Å². The molecule has 0 aromatic carbocycles. The Morgan fingerprint density at radius 2 is 0.681 bits per heavy atom. The minimum absolute atomic E-state index is 0.135. The van der Waals surface area contributed by atoms with Gasteiger partial charge >= 0.3 is 0 Å². The molecule has 7 unspecified atom stereocenters. The molecule has 0 saturated carbocycles. The molecule has 1 aliphatic heterocycles. The molecule has 91 heavy (non-hydrogen) atoms. The van der Waals surface area contributed by atoms with Crippen LogP contribution in [-0.2, 0) is 14.3 Å². The third kappa shape index (κ3) is 58.9. The van der Waals surface area contributed by atoms with Gasteiger partial charge in [0.1, 0.15) is 24.4 Å². The number of amides is 1. The molecule has 0 aromatic heterocycles. The second kappa shape index (κ2) is 70.7. The molecule has 6 N–H and O–H groups in total. The number of unbranched alkanes of at least 4 members (excludes halogenated alkanes) is 51. The lowest BCUT2D eigenvalue weighted by Crippen LogP contribution is -2.60. The highest BCUT2D eigenvalue weighted by Gasteiger charge is 2.44. The Labute approximate surface area is 564 Å². The van der Waals surface area contributed by atoms with Crippen LogP contribution in [0, 0.1) is 0 Å². The fourth-order valence-electron chi connectivity index (χ4n) is 13.0. The molecule has 1 heterocycles. The van der Waals surface area contributed by atoms with Crippen LogP contribution in [-0.4, -0.2) is 87.5 Å². The molecule has 0 bridgehead atoms. The van der Waals surface area contributed by atoms with E-state index in [0.29, 0.717) is 12.8 Å². The summed E-state index contributed by atoms with van der Waals surface area (Å²) in [7, 11) is 0. The molecule has 1 amide bonds. The first kappa shape index (κ1) is 86.9. The minimum Gasteiger partial charge on any atom is -0.394 e. The number of carbonyl (C=O) groups excluding carboxylic acids is 1. The maximum Gasteiger partial charge on any atom is 0.220 e. The van der Waals surface area contributed by atoms with Gasteiger partial charge < -0.3 is 40.3 Å². The first-order chi connectivity index (χ1) is 44.8. The normalized spacial score (nSPS) is 18.0. The van der Waals surface area contributed by atoms with Gasteiger partial charge in [-0.3, -0.25) is 4.79 Å². The maximum atomic E-state index is 13.2. The highest BCUT2D eigenvalue weighted by Crippen LogP contribution is 2.24. The summed E-state index contributed by atoms with van der Waals surface area (Å²) in [6.45, 7) is 3.78. The molecule has 534 valence electrons. The summed E-state index contributed by atoms with van der Waals surface area (Å²) >= 11 is 0.